The Morgan fingerprint density at radius 2 is 2.17 bits per heavy atom. The van der Waals surface area contributed by atoms with E-state index >= 15 is 0 Å². The molecule has 1 aromatic rings. The van der Waals surface area contributed by atoms with E-state index in [2.05, 4.69) is 20.8 Å². The van der Waals surface area contributed by atoms with E-state index in [1.807, 2.05) is 18.2 Å². The van der Waals surface area contributed by atoms with Gasteiger partial charge in [-0.05, 0) is 37.0 Å². The van der Waals surface area contributed by atoms with Crippen LogP contribution in [0.1, 0.15) is 23.2 Å². The van der Waals surface area contributed by atoms with Crippen LogP contribution in [0.4, 0.5) is 5.69 Å². The van der Waals surface area contributed by atoms with Crippen LogP contribution in [0.25, 0.3) is 0 Å². The minimum Gasteiger partial charge on any atom is -0.384 e. The van der Waals surface area contributed by atoms with E-state index in [0.717, 1.165) is 54.5 Å². The van der Waals surface area contributed by atoms with Crippen molar-refractivity contribution in [2.45, 2.75) is 12.8 Å². The van der Waals surface area contributed by atoms with Crippen molar-refractivity contribution in [3.05, 3.63) is 28.2 Å². The van der Waals surface area contributed by atoms with Gasteiger partial charge in [-0.3, -0.25) is 4.79 Å². The summed E-state index contributed by atoms with van der Waals surface area (Å²) in [6.07, 6.45) is 3.19. The number of aldehydes is 1. The number of halogens is 1. The standard InChI is InChI=1S/C14H18BrNO2/c1-18-10-11-4-6-16(7-5-11)14-3-2-13(15)8-12(14)9-17/h2-3,8-9,11H,4-7,10H2,1H3. The highest BCUT2D eigenvalue weighted by molar-refractivity contribution is 9.10. The molecule has 0 bridgehead atoms. The summed E-state index contributed by atoms with van der Waals surface area (Å²) >= 11 is 3.40. The maximum Gasteiger partial charge on any atom is 0.152 e. The van der Waals surface area contributed by atoms with Gasteiger partial charge in [-0.15, -0.1) is 0 Å². The van der Waals surface area contributed by atoms with Crippen LogP contribution in [0.3, 0.4) is 0 Å². The average molecular weight is 312 g/mol. The number of hydrogen-bond donors (Lipinski definition) is 0. The fraction of sp³-hybridized carbons (Fsp3) is 0.500. The molecule has 0 unspecified atom stereocenters. The molecule has 98 valence electrons. The van der Waals surface area contributed by atoms with Crippen LogP contribution in [0, 0.1) is 5.92 Å². The van der Waals surface area contributed by atoms with E-state index in [-0.39, 0.29) is 0 Å². The highest BCUT2D eigenvalue weighted by atomic mass is 79.9. The molecule has 0 radical (unpaired) electrons. The summed E-state index contributed by atoms with van der Waals surface area (Å²) in [7, 11) is 1.76. The molecule has 1 heterocycles. The lowest BCUT2D eigenvalue weighted by Crippen LogP contribution is -2.35. The number of methoxy groups -OCH3 is 1. The monoisotopic (exact) mass is 311 g/mol. The van der Waals surface area contributed by atoms with Gasteiger partial charge in [0.05, 0.1) is 0 Å². The lowest BCUT2D eigenvalue weighted by molar-refractivity contribution is 0.112. The minimum absolute atomic E-state index is 0.654. The summed E-state index contributed by atoms with van der Waals surface area (Å²) in [5.41, 5.74) is 1.80. The molecule has 1 aliphatic heterocycles. The van der Waals surface area contributed by atoms with Gasteiger partial charge in [0.25, 0.3) is 0 Å². The lowest BCUT2D eigenvalue weighted by Gasteiger charge is -2.34. The molecule has 18 heavy (non-hydrogen) atoms. The summed E-state index contributed by atoms with van der Waals surface area (Å²) in [5.74, 6) is 0.654. The Balaban J connectivity index is 2.07. The van der Waals surface area contributed by atoms with Gasteiger partial charge in [0, 0.05) is 42.5 Å². The van der Waals surface area contributed by atoms with Crippen molar-refractivity contribution in [3.8, 4) is 0 Å². The van der Waals surface area contributed by atoms with Gasteiger partial charge in [-0.25, -0.2) is 0 Å². The molecule has 3 nitrogen and oxygen atoms in total. The summed E-state index contributed by atoms with van der Waals surface area (Å²) < 4.78 is 6.15. The predicted octanol–water partition coefficient (Wildman–Crippen LogP) is 3.12. The Morgan fingerprint density at radius 1 is 1.44 bits per heavy atom. The van der Waals surface area contributed by atoms with Crippen LogP contribution >= 0.6 is 15.9 Å². The Bertz CT molecular complexity index is 414. The molecule has 0 aliphatic carbocycles. The number of rotatable bonds is 4. The third-order valence-corrected chi connectivity index (χ3v) is 3.97. The van der Waals surface area contributed by atoms with Crippen molar-refractivity contribution in [2.24, 2.45) is 5.92 Å². The number of hydrogen-bond acceptors (Lipinski definition) is 3. The van der Waals surface area contributed by atoms with E-state index in [4.69, 9.17) is 4.74 Å². The number of ether oxygens (including phenoxy) is 1. The summed E-state index contributed by atoms with van der Waals surface area (Å²) in [6.45, 7) is 2.84. The smallest absolute Gasteiger partial charge is 0.152 e. The maximum atomic E-state index is 11.1. The molecule has 1 aliphatic rings. The molecule has 0 aromatic heterocycles. The Labute approximate surface area is 116 Å². The first-order valence-electron chi connectivity index (χ1n) is 6.23. The third kappa shape index (κ3) is 3.12. The number of nitrogens with zero attached hydrogens (tertiary/aromatic N) is 1. The van der Waals surface area contributed by atoms with Crippen molar-refractivity contribution in [2.75, 3.05) is 31.7 Å². The zero-order valence-electron chi connectivity index (χ0n) is 10.6. The van der Waals surface area contributed by atoms with E-state index in [0.29, 0.717) is 5.92 Å². The fourth-order valence-corrected chi connectivity index (χ4v) is 2.86. The van der Waals surface area contributed by atoms with E-state index in [1.54, 1.807) is 7.11 Å². The Hall–Kier alpha value is -0.870. The second kappa shape index (κ2) is 6.34. The molecule has 0 saturated carbocycles. The number of benzene rings is 1. The lowest BCUT2D eigenvalue weighted by atomic mass is 9.97. The third-order valence-electron chi connectivity index (χ3n) is 3.47. The van der Waals surface area contributed by atoms with E-state index < -0.39 is 0 Å². The van der Waals surface area contributed by atoms with Crippen molar-refractivity contribution >= 4 is 27.9 Å². The maximum absolute atomic E-state index is 11.1. The van der Waals surface area contributed by atoms with Crippen LogP contribution < -0.4 is 4.90 Å². The van der Waals surface area contributed by atoms with E-state index in [1.165, 1.54) is 0 Å². The average Bonchev–Trinajstić information content (AvgIpc) is 2.40. The number of carbonyl (C=O) groups is 1. The predicted molar refractivity (Wildman–Crippen MR) is 76.3 cm³/mol. The normalized spacial score (nSPS) is 16.9. The topological polar surface area (TPSA) is 29.5 Å². The van der Waals surface area contributed by atoms with Gasteiger partial charge >= 0.3 is 0 Å². The number of carbonyl (C=O) groups excluding carboxylic acids is 1. The van der Waals surface area contributed by atoms with Crippen molar-refractivity contribution in [1.29, 1.82) is 0 Å². The van der Waals surface area contributed by atoms with Gasteiger partial charge < -0.3 is 9.64 Å². The molecular weight excluding hydrogens is 294 g/mol. The van der Waals surface area contributed by atoms with Crippen LogP contribution in [0.2, 0.25) is 0 Å². The first-order chi connectivity index (χ1) is 8.74. The second-order valence-electron chi connectivity index (χ2n) is 4.71. The van der Waals surface area contributed by atoms with Crippen LogP contribution in [0.15, 0.2) is 22.7 Å². The Morgan fingerprint density at radius 3 is 2.78 bits per heavy atom. The summed E-state index contributed by atoms with van der Waals surface area (Å²) in [4.78, 5) is 13.4. The minimum atomic E-state index is 0.654. The molecule has 0 atom stereocenters. The molecule has 0 amide bonds. The molecule has 1 aromatic carbocycles. The fourth-order valence-electron chi connectivity index (χ4n) is 2.48. The highest BCUT2D eigenvalue weighted by Gasteiger charge is 2.20. The van der Waals surface area contributed by atoms with Gasteiger partial charge in [-0.1, -0.05) is 15.9 Å². The largest absolute Gasteiger partial charge is 0.384 e. The van der Waals surface area contributed by atoms with Gasteiger partial charge in [0.1, 0.15) is 0 Å². The quantitative estimate of drug-likeness (QED) is 0.800. The Kier molecular flexibility index (Phi) is 4.78. The summed E-state index contributed by atoms with van der Waals surface area (Å²) in [6, 6.07) is 5.89. The molecule has 0 N–H and O–H groups in total. The highest BCUT2D eigenvalue weighted by Crippen LogP contribution is 2.27. The summed E-state index contributed by atoms with van der Waals surface area (Å²) in [5, 5.41) is 0. The SMILES string of the molecule is COCC1CCN(c2ccc(Br)cc2C=O)CC1. The van der Waals surface area contributed by atoms with Crippen LogP contribution in [0.5, 0.6) is 0 Å². The second-order valence-corrected chi connectivity index (χ2v) is 5.62. The molecule has 1 saturated heterocycles. The molecule has 0 spiro atoms. The van der Waals surface area contributed by atoms with Gasteiger partial charge in [0.15, 0.2) is 6.29 Å². The number of anilines is 1. The van der Waals surface area contributed by atoms with Crippen LogP contribution in [-0.4, -0.2) is 33.1 Å². The van der Waals surface area contributed by atoms with E-state index in [9.17, 15) is 4.79 Å². The van der Waals surface area contributed by atoms with Crippen molar-refractivity contribution in [1.82, 2.24) is 0 Å². The molecular formula is C14H18BrNO2. The molecule has 2 rings (SSSR count). The zero-order chi connectivity index (χ0) is 13.0. The van der Waals surface area contributed by atoms with Crippen molar-refractivity contribution in [3.63, 3.8) is 0 Å². The van der Waals surface area contributed by atoms with Crippen LogP contribution in [-0.2, 0) is 4.74 Å². The van der Waals surface area contributed by atoms with Gasteiger partial charge in [0.2, 0.25) is 0 Å². The molecule has 1 fully saturated rings. The van der Waals surface area contributed by atoms with Gasteiger partial charge in [-0.2, -0.15) is 0 Å². The first kappa shape index (κ1) is 13.6. The molecule has 4 heteroatoms. The van der Waals surface area contributed by atoms with Crippen molar-refractivity contribution < 1.29 is 9.53 Å². The number of piperidine rings is 1. The first-order valence-corrected chi connectivity index (χ1v) is 7.02. The zero-order valence-corrected chi connectivity index (χ0v) is 12.1.